The summed E-state index contributed by atoms with van der Waals surface area (Å²) in [5.74, 6) is -0.449. The van der Waals surface area contributed by atoms with Crippen molar-refractivity contribution >= 4 is 32.4 Å². The average molecular weight is 479 g/mol. The Kier molecular flexibility index (Phi) is 6.31. The number of amides is 1. The van der Waals surface area contributed by atoms with Gasteiger partial charge in [0.25, 0.3) is 5.91 Å². The fourth-order valence-corrected chi connectivity index (χ4v) is 5.95. The zero-order valence-corrected chi connectivity index (χ0v) is 19.3. The van der Waals surface area contributed by atoms with Crippen LogP contribution in [0.1, 0.15) is 29.8 Å². The molecule has 3 aromatic rings. The van der Waals surface area contributed by atoms with Gasteiger partial charge < -0.3 is 9.30 Å². The molecule has 1 saturated heterocycles. The molecule has 1 N–H and O–H groups in total. The Hall–Kier alpha value is -2.76. The summed E-state index contributed by atoms with van der Waals surface area (Å²) >= 11 is 1.18. The first kappa shape index (κ1) is 22.4. The van der Waals surface area contributed by atoms with Crippen LogP contribution >= 0.6 is 11.3 Å². The fraction of sp³-hybridized carbons (Fsp3) is 0.333. The number of methoxy groups -OCH3 is 1. The number of nitrogens with one attached hydrogen (secondary N) is 1. The summed E-state index contributed by atoms with van der Waals surface area (Å²) in [5, 5.41) is 4.68. The number of aromatic nitrogens is 2. The number of anilines is 1. The Morgan fingerprint density at radius 1 is 1.22 bits per heavy atom. The number of rotatable bonds is 6. The SMILES string of the molecule is COc1ccc(F)cc1-c1csc(NC(=O)c2cc(S(=O)(=O)N3CCCCC3)cn2C)n1. The molecule has 32 heavy (non-hydrogen) atoms. The van der Waals surface area contributed by atoms with E-state index in [1.54, 1.807) is 12.4 Å². The van der Waals surface area contributed by atoms with Crippen LogP contribution in [0.15, 0.2) is 40.7 Å². The number of thiazole rings is 1. The number of piperidine rings is 1. The van der Waals surface area contributed by atoms with Crippen LogP contribution in [-0.4, -0.2) is 48.4 Å². The van der Waals surface area contributed by atoms with Gasteiger partial charge in [0.15, 0.2) is 5.13 Å². The molecule has 8 nitrogen and oxygen atoms in total. The van der Waals surface area contributed by atoms with Crippen LogP contribution in [0.25, 0.3) is 11.3 Å². The fourth-order valence-electron chi connectivity index (χ4n) is 3.65. The van der Waals surface area contributed by atoms with Crippen molar-refractivity contribution in [2.24, 2.45) is 7.05 Å². The molecule has 0 unspecified atom stereocenters. The van der Waals surface area contributed by atoms with Gasteiger partial charge in [0, 0.05) is 37.3 Å². The predicted octanol–water partition coefficient (Wildman–Crippen LogP) is 3.72. The summed E-state index contributed by atoms with van der Waals surface area (Å²) in [5.41, 5.74) is 1.13. The zero-order chi connectivity index (χ0) is 22.9. The minimum absolute atomic E-state index is 0.0939. The highest BCUT2D eigenvalue weighted by Crippen LogP contribution is 2.33. The predicted molar refractivity (Wildman–Crippen MR) is 120 cm³/mol. The second kappa shape index (κ2) is 9.00. The van der Waals surface area contributed by atoms with Crippen molar-refractivity contribution in [1.82, 2.24) is 13.9 Å². The highest BCUT2D eigenvalue weighted by Gasteiger charge is 2.28. The zero-order valence-electron chi connectivity index (χ0n) is 17.7. The molecular formula is C21H23FN4O4S2. The third-order valence-electron chi connectivity index (χ3n) is 5.33. The monoisotopic (exact) mass is 478 g/mol. The Balaban J connectivity index is 1.54. The summed E-state index contributed by atoms with van der Waals surface area (Å²) in [6.07, 6.45) is 4.14. The largest absolute Gasteiger partial charge is 0.496 e. The van der Waals surface area contributed by atoms with Crippen molar-refractivity contribution in [2.45, 2.75) is 24.2 Å². The molecule has 0 bridgehead atoms. The first-order valence-corrected chi connectivity index (χ1v) is 12.4. The summed E-state index contributed by atoms with van der Waals surface area (Å²) in [4.78, 5) is 17.3. The molecule has 2 aromatic heterocycles. The lowest BCUT2D eigenvalue weighted by Crippen LogP contribution is -2.35. The molecule has 3 heterocycles. The van der Waals surface area contributed by atoms with Crippen LogP contribution < -0.4 is 10.1 Å². The van der Waals surface area contributed by atoms with Gasteiger partial charge in [-0.25, -0.2) is 17.8 Å². The Labute approximate surface area is 189 Å². The Morgan fingerprint density at radius 2 is 1.97 bits per heavy atom. The molecule has 1 fully saturated rings. The van der Waals surface area contributed by atoms with E-state index in [2.05, 4.69) is 10.3 Å². The van der Waals surface area contributed by atoms with Gasteiger partial charge in [-0.05, 0) is 37.1 Å². The van der Waals surface area contributed by atoms with E-state index in [1.807, 2.05) is 0 Å². The maximum Gasteiger partial charge on any atom is 0.274 e. The smallest absolute Gasteiger partial charge is 0.274 e. The lowest BCUT2D eigenvalue weighted by molar-refractivity contribution is 0.101. The topological polar surface area (TPSA) is 93.5 Å². The summed E-state index contributed by atoms with van der Waals surface area (Å²) in [6, 6.07) is 5.50. The highest BCUT2D eigenvalue weighted by molar-refractivity contribution is 7.89. The molecule has 0 spiro atoms. The van der Waals surface area contributed by atoms with E-state index in [-0.39, 0.29) is 10.6 Å². The molecule has 1 aliphatic heterocycles. The third kappa shape index (κ3) is 4.41. The Morgan fingerprint density at radius 3 is 2.69 bits per heavy atom. The maximum absolute atomic E-state index is 13.7. The van der Waals surface area contributed by atoms with E-state index in [4.69, 9.17) is 4.74 Å². The van der Waals surface area contributed by atoms with Crippen LogP contribution in [0.4, 0.5) is 9.52 Å². The van der Waals surface area contributed by atoms with Gasteiger partial charge in [0.2, 0.25) is 10.0 Å². The first-order valence-electron chi connectivity index (χ1n) is 10.1. The van der Waals surface area contributed by atoms with Gasteiger partial charge in [0.05, 0.1) is 12.8 Å². The minimum atomic E-state index is -3.64. The van der Waals surface area contributed by atoms with Crippen LogP contribution in [0, 0.1) is 5.82 Å². The van der Waals surface area contributed by atoms with Gasteiger partial charge in [-0.1, -0.05) is 6.42 Å². The molecular weight excluding hydrogens is 455 g/mol. The molecule has 4 rings (SSSR count). The molecule has 0 saturated carbocycles. The summed E-state index contributed by atoms with van der Waals surface area (Å²) in [6.45, 7) is 0.981. The summed E-state index contributed by atoms with van der Waals surface area (Å²) in [7, 11) is -0.541. The second-order valence-corrected chi connectivity index (χ2v) is 10.3. The molecule has 11 heteroatoms. The normalized spacial score (nSPS) is 15.0. The van der Waals surface area contributed by atoms with E-state index in [1.165, 1.54) is 57.8 Å². The van der Waals surface area contributed by atoms with Gasteiger partial charge in [0.1, 0.15) is 22.2 Å². The average Bonchev–Trinajstić information content (AvgIpc) is 3.41. The van der Waals surface area contributed by atoms with Gasteiger partial charge in [-0.15, -0.1) is 11.3 Å². The molecule has 0 radical (unpaired) electrons. The lowest BCUT2D eigenvalue weighted by Gasteiger charge is -2.25. The molecule has 1 aliphatic rings. The molecule has 0 atom stereocenters. The number of nitrogens with zero attached hydrogens (tertiary/aromatic N) is 3. The van der Waals surface area contributed by atoms with Crippen molar-refractivity contribution in [3.05, 3.63) is 47.4 Å². The minimum Gasteiger partial charge on any atom is -0.496 e. The van der Waals surface area contributed by atoms with Crippen molar-refractivity contribution in [2.75, 3.05) is 25.5 Å². The van der Waals surface area contributed by atoms with Gasteiger partial charge in [-0.3, -0.25) is 10.1 Å². The van der Waals surface area contributed by atoms with E-state index in [0.717, 1.165) is 19.3 Å². The molecule has 0 aliphatic carbocycles. The number of hydrogen-bond donors (Lipinski definition) is 1. The van der Waals surface area contributed by atoms with Gasteiger partial charge >= 0.3 is 0 Å². The summed E-state index contributed by atoms with van der Waals surface area (Å²) < 4.78 is 47.7. The van der Waals surface area contributed by atoms with E-state index < -0.39 is 21.7 Å². The van der Waals surface area contributed by atoms with E-state index in [0.29, 0.717) is 35.2 Å². The van der Waals surface area contributed by atoms with Crippen LogP contribution in [-0.2, 0) is 17.1 Å². The van der Waals surface area contributed by atoms with Crippen molar-refractivity contribution < 1.29 is 22.3 Å². The molecule has 170 valence electrons. The van der Waals surface area contributed by atoms with Crippen molar-refractivity contribution in [1.29, 1.82) is 0 Å². The number of aryl methyl sites for hydroxylation is 1. The number of sulfonamides is 1. The second-order valence-electron chi connectivity index (χ2n) is 7.47. The number of hydrogen-bond acceptors (Lipinski definition) is 6. The molecule has 1 aromatic carbocycles. The van der Waals surface area contributed by atoms with Crippen LogP contribution in [0.3, 0.4) is 0 Å². The van der Waals surface area contributed by atoms with E-state index in [9.17, 15) is 17.6 Å². The number of carbonyl (C=O) groups excluding carboxylic acids is 1. The maximum atomic E-state index is 13.7. The number of carbonyl (C=O) groups is 1. The molecule has 1 amide bonds. The number of halogens is 1. The number of benzene rings is 1. The number of ether oxygens (including phenoxy) is 1. The van der Waals surface area contributed by atoms with Crippen molar-refractivity contribution in [3.63, 3.8) is 0 Å². The van der Waals surface area contributed by atoms with Crippen molar-refractivity contribution in [3.8, 4) is 17.0 Å². The quantitative estimate of drug-likeness (QED) is 0.583. The standard InChI is InChI=1S/C21H23FN4O4S2/c1-25-12-15(32(28,29)26-8-4-3-5-9-26)11-18(25)20(27)24-21-23-17(13-31-21)16-10-14(22)6-7-19(16)30-2/h6-7,10-13H,3-5,8-9H2,1-2H3,(H,23,24,27). The third-order valence-corrected chi connectivity index (χ3v) is 7.95. The van der Waals surface area contributed by atoms with Crippen LogP contribution in [0.2, 0.25) is 0 Å². The van der Waals surface area contributed by atoms with Gasteiger partial charge in [-0.2, -0.15) is 4.31 Å². The van der Waals surface area contributed by atoms with E-state index >= 15 is 0 Å². The van der Waals surface area contributed by atoms with Crippen LogP contribution in [0.5, 0.6) is 5.75 Å². The highest BCUT2D eigenvalue weighted by atomic mass is 32.2. The lowest BCUT2D eigenvalue weighted by atomic mass is 10.1. The first-order chi connectivity index (χ1) is 15.3. The Bertz CT molecular complexity index is 1250.